The van der Waals surface area contributed by atoms with Gasteiger partial charge in [-0.1, -0.05) is 24.3 Å². The first-order valence-electron chi connectivity index (χ1n) is 11.1. The number of cyclic esters (lactones) is 1. The van der Waals surface area contributed by atoms with Crippen LogP contribution in [0.25, 0.3) is 0 Å². The van der Waals surface area contributed by atoms with Crippen molar-refractivity contribution < 1.29 is 29.0 Å². The average Bonchev–Trinajstić information content (AvgIpc) is 3.11. The van der Waals surface area contributed by atoms with E-state index in [9.17, 15) is 19.5 Å². The number of carbonyl (C=O) groups is 3. The van der Waals surface area contributed by atoms with E-state index >= 15 is 0 Å². The molecule has 170 valence electrons. The molecule has 2 amide bonds. The summed E-state index contributed by atoms with van der Waals surface area (Å²) in [6, 6.07) is -1.55. The maximum atomic E-state index is 13.9. The SMILES string of the molecule is CC(CO)N1C(=O)[C@@H]2C3C(=O)OCCC/C=C\[C@H]3OC23C=CCN(C(C)(C)C)C(=O)[C@@H]13. The second-order valence-electron chi connectivity index (χ2n) is 9.88. The number of esters is 1. The first-order chi connectivity index (χ1) is 14.6. The molecule has 6 atom stereocenters. The molecule has 2 fully saturated rings. The van der Waals surface area contributed by atoms with Crippen molar-refractivity contribution in [2.75, 3.05) is 19.8 Å². The molecule has 4 rings (SSSR count). The van der Waals surface area contributed by atoms with Crippen LogP contribution in [0, 0.1) is 11.8 Å². The molecule has 4 aliphatic heterocycles. The first kappa shape index (κ1) is 22.0. The quantitative estimate of drug-likeness (QED) is 0.517. The maximum Gasteiger partial charge on any atom is 0.312 e. The first-order valence-corrected chi connectivity index (χ1v) is 11.1. The lowest BCUT2D eigenvalue weighted by Crippen LogP contribution is -2.60. The fraction of sp³-hybridized carbons (Fsp3) is 0.696. The summed E-state index contributed by atoms with van der Waals surface area (Å²) < 4.78 is 11.9. The molecule has 0 bridgehead atoms. The van der Waals surface area contributed by atoms with E-state index < -0.39 is 47.1 Å². The molecule has 0 aromatic heterocycles. The van der Waals surface area contributed by atoms with Gasteiger partial charge in [0.15, 0.2) is 0 Å². The predicted molar refractivity (Wildman–Crippen MR) is 112 cm³/mol. The van der Waals surface area contributed by atoms with E-state index in [-0.39, 0.29) is 25.0 Å². The molecule has 2 saturated heterocycles. The molecule has 4 aliphatic rings. The minimum Gasteiger partial charge on any atom is -0.465 e. The van der Waals surface area contributed by atoms with Crippen LogP contribution >= 0.6 is 0 Å². The van der Waals surface area contributed by atoms with Gasteiger partial charge in [-0.15, -0.1) is 0 Å². The molecular formula is C23H32N2O6. The number of fused-ring (bicyclic) bond motifs is 2. The minimum atomic E-state index is -1.28. The fourth-order valence-corrected chi connectivity index (χ4v) is 5.36. The van der Waals surface area contributed by atoms with Crippen molar-refractivity contribution in [3.05, 3.63) is 24.3 Å². The summed E-state index contributed by atoms with van der Waals surface area (Å²) in [5.41, 5.74) is -1.76. The zero-order valence-corrected chi connectivity index (χ0v) is 18.6. The van der Waals surface area contributed by atoms with Gasteiger partial charge in [-0.25, -0.2) is 0 Å². The number of aliphatic hydroxyl groups excluding tert-OH is 1. The third kappa shape index (κ3) is 3.31. The number of hydrogen-bond donors (Lipinski definition) is 1. The van der Waals surface area contributed by atoms with Crippen molar-refractivity contribution in [2.45, 2.75) is 69.9 Å². The van der Waals surface area contributed by atoms with Gasteiger partial charge in [-0.2, -0.15) is 0 Å². The van der Waals surface area contributed by atoms with Gasteiger partial charge in [0.1, 0.15) is 17.6 Å². The molecule has 0 aromatic carbocycles. The largest absolute Gasteiger partial charge is 0.465 e. The average molecular weight is 433 g/mol. The molecule has 8 heteroatoms. The van der Waals surface area contributed by atoms with E-state index in [2.05, 4.69) is 0 Å². The Morgan fingerprint density at radius 1 is 1.23 bits per heavy atom. The van der Waals surface area contributed by atoms with Crippen LogP contribution in [-0.2, 0) is 23.9 Å². The lowest BCUT2D eigenvalue weighted by Gasteiger charge is -2.41. The highest BCUT2D eigenvalue weighted by molar-refractivity contribution is 5.99. The topological polar surface area (TPSA) is 96.4 Å². The number of likely N-dealkylation sites (tertiary alicyclic amines) is 1. The molecule has 0 aliphatic carbocycles. The third-order valence-electron chi connectivity index (χ3n) is 6.84. The highest BCUT2D eigenvalue weighted by atomic mass is 16.6. The Labute approximate surface area is 182 Å². The zero-order valence-electron chi connectivity index (χ0n) is 18.6. The van der Waals surface area contributed by atoms with Crippen molar-refractivity contribution in [1.82, 2.24) is 9.80 Å². The fourth-order valence-electron chi connectivity index (χ4n) is 5.36. The summed E-state index contributed by atoms with van der Waals surface area (Å²) >= 11 is 0. The van der Waals surface area contributed by atoms with Crippen LogP contribution in [0.2, 0.25) is 0 Å². The molecule has 1 N–H and O–H groups in total. The Morgan fingerprint density at radius 3 is 2.65 bits per heavy atom. The lowest BCUT2D eigenvalue weighted by atomic mass is 9.78. The van der Waals surface area contributed by atoms with E-state index in [4.69, 9.17) is 9.47 Å². The van der Waals surface area contributed by atoms with Crippen LogP contribution in [0.1, 0.15) is 40.5 Å². The summed E-state index contributed by atoms with van der Waals surface area (Å²) in [5, 5.41) is 9.87. The smallest absolute Gasteiger partial charge is 0.312 e. The molecule has 0 aromatic rings. The van der Waals surface area contributed by atoms with Gasteiger partial charge in [0.05, 0.1) is 31.3 Å². The standard InChI is InChI=1S/C23H32N2O6/c1-14(13-26)25-18-20(28)24(22(2,3)4)11-8-10-23(18)17(19(25)27)16-15(31-23)9-6-5-7-12-30-21(16)29/h6,8-10,14-18,26H,5,7,11-13H2,1-4H3/b9-6-/t14?,15-,16?,17+,18-,23?/m1/s1. The van der Waals surface area contributed by atoms with Gasteiger partial charge in [-0.05, 0) is 40.5 Å². The number of nitrogens with zero attached hydrogens (tertiary/aromatic N) is 2. The van der Waals surface area contributed by atoms with Crippen molar-refractivity contribution in [3.63, 3.8) is 0 Å². The summed E-state index contributed by atoms with van der Waals surface area (Å²) in [5.74, 6) is -2.78. The van der Waals surface area contributed by atoms with Gasteiger partial charge in [0.25, 0.3) is 0 Å². The normalized spacial score (nSPS) is 37.8. The molecular weight excluding hydrogens is 400 g/mol. The zero-order chi connectivity index (χ0) is 22.6. The number of aliphatic hydroxyl groups is 1. The van der Waals surface area contributed by atoms with Crippen LogP contribution in [-0.4, -0.2) is 81.8 Å². The molecule has 31 heavy (non-hydrogen) atoms. The van der Waals surface area contributed by atoms with E-state index in [0.717, 1.165) is 6.42 Å². The molecule has 0 radical (unpaired) electrons. The van der Waals surface area contributed by atoms with Crippen molar-refractivity contribution in [1.29, 1.82) is 0 Å². The van der Waals surface area contributed by atoms with Crippen LogP contribution in [0.15, 0.2) is 24.3 Å². The molecule has 1 spiro atoms. The van der Waals surface area contributed by atoms with E-state index in [1.807, 2.05) is 39.0 Å². The second kappa shape index (κ2) is 7.74. The van der Waals surface area contributed by atoms with Crippen LogP contribution < -0.4 is 0 Å². The van der Waals surface area contributed by atoms with Gasteiger partial charge < -0.3 is 24.4 Å². The Balaban J connectivity index is 1.87. The van der Waals surface area contributed by atoms with Crippen molar-refractivity contribution >= 4 is 17.8 Å². The number of hydrogen-bond acceptors (Lipinski definition) is 6. The predicted octanol–water partition coefficient (Wildman–Crippen LogP) is 1.04. The van der Waals surface area contributed by atoms with Crippen LogP contribution in [0.5, 0.6) is 0 Å². The highest BCUT2D eigenvalue weighted by Gasteiger charge is 2.72. The van der Waals surface area contributed by atoms with Gasteiger partial charge >= 0.3 is 5.97 Å². The Bertz CT molecular complexity index is 830. The third-order valence-corrected chi connectivity index (χ3v) is 6.84. The van der Waals surface area contributed by atoms with Gasteiger partial charge in [0, 0.05) is 12.1 Å². The Morgan fingerprint density at radius 2 is 1.97 bits per heavy atom. The molecule has 3 unspecified atom stereocenters. The Hall–Kier alpha value is -2.19. The van der Waals surface area contributed by atoms with Gasteiger partial charge in [0.2, 0.25) is 11.8 Å². The van der Waals surface area contributed by atoms with Gasteiger partial charge in [-0.3, -0.25) is 14.4 Å². The molecule has 4 heterocycles. The number of amides is 2. The summed E-state index contributed by atoms with van der Waals surface area (Å²) in [6.45, 7) is 7.90. The number of rotatable bonds is 2. The summed E-state index contributed by atoms with van der Waals surface area (Å²) in [4.78, 5) is 43.8. The van der Waals surface area contributed by atoms with Crippen LogP contribution in [0.4, 0.5) is 0 Å². The molecule has 8 nitrogen and oxygen atoms in total. The maximum absolute atomic E-state index is 13.9. The van der Waals surface area contributed by atoms with E-state index in [1.165, 1.54) is 4.90 Å². The minimum absolute atomic E-state index is 0.238. The summed E-state index contributed by atoms with van der Waals surface area (Å²) in [7, 11) is 0. The van der Waals surface area contributed by atoms with E-state index in [1.54, 1.807) is 17.9 Å². The molecule has 0 saturated carbocycles. The van der Waals surface area contributed by atoms with Crippen molar-refractivity contribution in [3.8, 4) is 0 Å². The monoisotopic (exact) mass is 432 g/mol. The lowest BCUT2D eigenvalue weighted by molar-refractivity contribution is -0.157. The number of carbonyl (C=O) groups excluding carboxylic acids is 3. The highest BCUT2D eigenvalue weighted by Crippen LogP contribution is 2.53. The van der Waals surface area contributed by atoms with Crippen molar-refractivity contribution in [2.24, 2.45) is 11.8 Å². The Kier molecular flexibility index (Phi) is 5.50. The second-order valence-corrected chi connectivity index (χ2v) is 9.88. The number of ether oxygens (including phenoxy) is 2. The van der Waals surface area contributed by atoms with Crippen LogP contribution in [0.3, 0.4) is 0 Å². The van der Waals surface area contributed by atoms with E-state index in [0.29, 0.717) is 13.0 Å². The summed E-state index contributed by atoms with van der Waals surface area (Å²) in [6.07, 6.45) is 8.25. The number of allylic oxidation sites excluding steroid dienone is 1.